The third-order valence-electron chi connectivity index (χ3n) is 6.55. The van der Waals surface area contributed by atoms with Crippen LogP contribution < -0.4 is 0 Å². The largest absolute Gasteiger partial charge is 0.295 e. The first-order chi connectivity index (χ1) is 22.3. The number of azo groups is 2. The summed E-state index contributed by atoms with van der Waals surface area (Å²) in [6, 6.07) is 13.7. The molecular weight excluding hydrogens is 713 g/mol. The Labute approximate surface area is 273 Å². The molecule has 0 fully saturated rings. The van der Waals surface area contributed by atoms with Crippen LogP contribution in [0.5, 0.6) is 0 Å². The summed E-state index contributed by atoms with van der Waals surface area (Å²) >= 11 is 0. The van der Waals surface area contributed by atoms with Gasteiger partial charge in [-0.3, -0.25) is 18.2 Å². The topological polar surface area (TPSA) is 267 Å². The lowest BCUT2D eigenvalue weighted by Gasteiger charge is -2.08. The van der Waals surface area contributed by atoms with E-state index in [1.54, 1.807) is 0 Å². The minimum absolute atomic E-state index is 0.124. The normalized spacial score (nSPS) is 15.1. The van der Waals surface area contributed by atoms with Crippen molar-refractivity contribution < 1.29 is 51.9 Å². The van der Waals surface area contributed by atoms with E-state index >= 15 is 0 Å². The summed E-state index contributed by atoms with van der Waals surface area (Å²) in [5.41, 5.74) is -1.00. The summed E-state index contributed by atoms with van der Waals surface area (Å²) in [6.07, 6.45) is 4.54. The van der Waals surface area contributed by atoms with Crippen molar-refractivity contribution in [3.8, 4) is 0 Å². The van der Waals surface area contributed by atoms with Crippen molar-refractivity contribution in [1.82, 2.24) is 0 Å². The molecule has 0 atom stereocenters. The van der Waals surface area contributed by atoms with Gasteiger partial charge in [0.15, 0.2) is 0 Å². The van der Waals surface area contributed by atoms with Gasteiger partial charge in [-0.25, -0.2) is 0 Å². The van der Waals surface area contributed by atoms with E-state index in [1.807, 2.05) is 0 Å². The number of rotatable bonds is 4. The Bertz CT molecular complexity index is 2210. The van der Waals surface area contributed by atoms with Gasteiger partial charge in [0, 0.05) is 0 Å². The third kappa shape index (κ3) is 8.00. The highest BCUT2D eigenvalue weighted by molar-refractivity contribution is 7.86. The van der Waals surface area contributed by atoms with Crippen molar-refractivity contribution in [3.63, 3.8) is 0 Å². The number of hydrogen-bond acceptors (Lipinski definition) is 12. The van der Waals surface area contributed by atoms with Gasteiger partial charge in [-0.1, -0.05) is 48.6 Å². The molecule has 8 bridgehead atoms. The molecule has 4 aromatic rings. The SMILES string of the molecule is O=S(=O)(O)c1cc2ccc1/C=C\c1ccc(cc1S(=O)(=O)O)N=Nc1ccc(c(S(=O)(=O)O)c1)/C=C\c1ccc(cc1S(=O)(=O)O)N=N2. The van der Waals surface area contributed by atoms with Crippen LogP contribution in [0.1, 0.15) is 22.3 Å². The van der Waals surface area contributed by atoms with Crippen molar-refractivity contribution in [3.05, 3.63) is 95.1 Å². The quantitative estimate of drug-likeness (QED) is 0.151. The van der Waals surface area contributed by atoms with E-state index in [-0.39, 0.29) is 45.0 Å². The van der Waals surface area contributed by atoms with Crippen molar-refractivity contribution >= 4 is 87.5 Å². The minimum atomic E-state index is -4.89. The van der Waals surface area contributed by atoms with Gasteiger partial charge in [0.2, 0.25) is 0 Å². The zero-order chi connectivity index (χ0) is 35.1. The van der Waals surface area contributed by atoms with Crippen LogP contribution in [-0.2, 0) is 40.5 Å². The summed E-state index contributed by atoms with van der Waals surface area (Å²) < 4.78 is 137. The fourth-order valence-electron chi connectivity index (χ4n) is 4.38. The average molecular weight is 733 g/mol. The first-order valence-corrected chi connectivity index (χ1v) is 18.7. The molecule has 20 heteroatoms. The molecule has 4 N–H and O–H groups in total. The standard InChI is InChI=1S/C28H20N4O12S4/c33-45(34,35)25-13-21-9-5-17(25)1-2-18-6-10-22(14-26(18)46(36,37)38)30-32-24-12-8-20(28(16-24)48(42,43)44)4-3-19-7-11-23(31-29-21)15-27(19)47(39,40)41/h1-16H,(H,33,34,35)(H,36,37,38)(H,39,40,41)(H,42,43,44)/b2-1-,4-3-,17-1?,18-2?,19-3?,20-4?,29-21?,30-22?,31-23?,31-29?,32-24?,32-30?. The van der Waals surface area contributed by atoms with Crippen molar-refractivity contribution in [1.29, 1.82) is 0 Å². The molecule has 48 heavy (non-hydrogen) atoms. The van der Waals surface area contributed by atoms with Crippen LogP contribution in [0.2, 0.25) is 0 Å². The first kappa shape index (κ1) is 34.5. The van der Waals surface area contributed by atoms with Crippen molar-refractivity contribution in [2.45, 2.75) is 19.6 Å². The van der Waals surface area contributed by atoms with Crippen molar-refractivity contribution in [2.24, 2.45) is 20.5 Å². The Morgan fingerprint density at radius 1 is 0.333 bits per heavy atom. The smallest absolute Gasteiger partial charge is 0.282 e. The second-order valence-corrected chi connectivity index (χ2v) is 15.4. The predicted molar refractivity (Wildman–Crippen MR) is 171 cm³/mol. The van der Waals surface area contributed by atoms with Crippen LogP contribution in [0.3, 0.4) is 0 Å². The third-order valence-corrected chi connectivity index (χ3v) is 10.2. The zero-order valence-electron chi connectivity index (χ0n) is 23.7. The number of nitrogens with zero attached hydrogens (tertiary/aromatic N) is 4. The molecular formula is C28H20N4O12S4. The van der Waals surface area contributed by atoms with Gasteiger partial charge in [0.1, 0.15) is 19.6 Å². The van der Waals surface area contributed by atoms with E-state index in [0.29, 0.717) is 0 Å². The Kier molecular flexibility index (Phi) is 9.11. The number of hydrogen-bond donors (Lipinski definition) is 4. The highest BCUT2D eigenvalue weighted by Crippen LogP contribution is 2.32. The summed E-state index contributed by atoms with van der Waals surface area (Å²) in [5, 5.41) is 15.5. The van der Waals surface area contributed by atoms with Crippen LogP contribution in [0.15, 0.2) is 113 Å². The minimum Gasteiger partial charge on any atom is -0.282 e. The second-order valence-electron chi connectivity index (χ2n) is 9.86. The van der Waals surface area contributed by atoms with E-state index in [9.17, 15) is 51.9 Å². The van der Waals surface area contributed by atoms with Crippen LogP contribution in [0.25, 0.3) is 24.3 Å². The predicted octanol–water partition coefficient (Wildman–Crippen LogP) is 6.16. The van der Waals surface area contributed by atoms with Gasteiger partial charge in [0.25, 0.3) is 40.5 Å². The first-order valence-electron chi connectivity index (χ1n) is 12.9. The Morgan fingerprint density at radius 3 is 0.688 bits per heavy atom. The highest BCUT2D eigenvalue weighted by atomic mass is 32.2. The van der Waals surface area contributed by atoms with E-state index in [2.05, 4.69) is 20.5 Å². The molecule has 14 rings (SSSR count). The highest BCUT2D eigenvalue weighted by Gasteiger charge is 2.20. The zero-order valence-corrected chi connectivity index (χ0v) is 27.0. The molecule has 0 saturated heterocycles. The van der Waals surface area contributed by atoms with Crippen LogP contribution in [0, 0.1) is 0 Å². The maximum atomic E-state index is 12.2. The van der Waals surface area contributed by atoms with E-state index < -0.39 is 60.1 Å². The molecule has 0 radical (unpaired) electrons. The fourth-order valence-corrected chi connectivity index (χ4v) is 7.19. The molecule has 16 nitrogen and oxygen atoms in total. The maximum Gasteiger partial charge on any atom is 0.295 e. The number of benzene rings is 4. The Hall–Kier alpha value is -4.80. The molecule has 10 aliphatic rings. The van der Waals surface area contributed by atoms with Gasteiger partial charge < -0.3 is 0 Å². The molecule has 10 heterocycles. The van der Waals surface area contributed by atoms with Gasteiger partial charge in [0.05, 0.1) is 22.7 Å². The van der Waals surface area contributed by atoms with Crippen LogP contribution in [0.4, 0.5) is 22.7 Å². The summed E-state index contributed by atoms with van der Waals surface area (Å²) in [7, 11) is -19.5. The lowest BCUT2D eigenvalue weighted by Crippen LogP contribution is -2.02. The molecule has 0 aromatic heterocycles. The van der Waals surface area contributed by atoms with E-state index in [4.69, 9.17) is 0 Å². The summed E-state index contributed by atoms with van der Waals surface area (Å²) in [6.45, 7) is 0. The lowest BCUT2D eigenvalue weighted by molar-refractivity contribution is 0.480. The van der Waals surface area contributed by atoms with Gasteiger partial charge in [-0.05, 0) is 70.8 Å². The summed E-state index contributed by atoms with van der Waals surface area (Å²) in [4.78, 5) is -2.62. The second kappa shape index (κ2) is 12.7. The Morgan fingerprint density at radius 2 is 0.521 bits per heavy atom. The van der Waals surface area contributed by atoms with Gasteiger partial charge >= 0.3 is 0 Å². The summed E-state index contributed by atoms with van der Waals surface area (Å²) in [5.74, 6) is 0. The molecule has 4 aromatic carbocycles. The molecule has 248 valence electrons. The monoisotopic (exact) mass is 732 g/mol. The Balaban J connectivity index is 1.77. The molecule has 0 amide bonds. The molecule has 0 spiro atoms. The molecule has 0 saturated carbocycles. The van der Waals surface area contributed by atoms with Gasteiger partial charge in [-0.15, -0.1) is 0 Å². The average Bonchev–Trinajstić information content (AvgIpc) is 2.99. The molecule has 0 aliphatic carbocycles. The fraction of sp³-hybridized carbons (Fsp3) is 0. The van der Waals surface area contributed by atoms with Gasteiger partial charge in [-0.2, -0.15) is 54.1 Å². The lowest BCUT2D eigenvalue weighted by atomic mass is 10.1. The van der Waals surface area contributed by atoms with Crippen LogP contribution >= 0.6 is 0 Å². The van der Waals surface area contributed by atoms with Crippen molar-refractivity contribution in [2.75, 3.05) is 0 Å². The van der Waals surface area contributed by atoms with Crippen LogP contribution in [-0.4, -0.2) is 51.9 Å². The maximum absolute atomic E-state index is 12.2. The molecule has 0 unspecified atom stereocenters. The van der Waals surface area contributed by atoms with E-state index in [0.717, 1.165) is 48.6 Å². The molecule has 10 aliphatic heterocycles. The van der Waals surface area contributed by atoms with E-state index in [1.165, 1.54) is 48.5 Å².